The highest BCUT2D eigenvalue weighted by Gasteiger charge is 2.15. The van der Waals surface area contributed by atoms with Gasteiger partial charge in [0.25, 0.3) is 0 Å². The van der Waals surface area contributed by atoms with E-state index in [9.17, 15) is 5.11 Å². The van der Waals surface area contributed by atoms with Crippen LogP contribution in [0.1, 0.15) is 19.9 Å². The van der Waals surface area contributed by atoms with E-state index in [0.29, 0.717) is 0 Å². The highest BCUT2D eigenvalue weighted by Crippen LogP contribution is 2.30. The number of benzene rings is 1. The fraction of sp³-hybridized carbons (Fsp3) is 0.200. The highest BCUT2D eigenvalue weighted by atomic mass is 79.9. The van der Waals surface area contributed by atoms with E-state index < -0.39 is 0 Å². The van der Waals surface area contributed by atoms with Crippen LogP contribution in [-0.2, 0) is 0 Å². The molecule has 0 amide bonds. The van der Waals surface area contributed by atoms with Gasteiger partial charge in [0.1, 0.15) is 11.6 Å². The SMILES string of the molecule is CC(C)n1c(-c2cncc(O)c2)nc2cc(Br)ccc21. The van der Waals surface area contributed by atoms with E-state index in [-0.39, 0.29) is 11.8 Å². The van der Waals surface area contributed by atoms with E-state index in [2.05, 4.69) is 44.3 Å². The van der Waals surface area contributed by atoms with Crippen molar-refractivity contribution in [1.82, 2.24) is 14.5 Å². The summed E-state index contributed by atoms with van der Waals surface area (Å²) in [7, 11) is 0. The molecule has 0 unspecified atom stereocenters. The van der Waals surface area contributed by atoms with Gasteiger partial charge in [-0.3, -0.25) is 4.98 Å². The van der Waals surface area contributed by atoms with Crippen LogP contribution in [0.5, 0.6) is 5.75 Å². The van der Waals surface area contributed by atoms with Crippen LogP contribution in [0.3, 0.4) is 0 Å². The Balaban J connectivity index is 2.32. The molecule has 0 saturated carbocycles. The summed E-state index contributed by atoms with van der Waals surface area (Å²) in [5.74, 6) is 0.961. The largest absolute Gasteiger partial charge is 0.506 e. The number of pyridine rings is 1. The van der Waals surface area contributed by atoms with Crippen LogP contribution in [0.4, 0.5) is 0 Å². The van der Waals surface area contributed by atoms with Crippen molar-refractivity contribution in [1.29, 1.82) is 0 Å². The minimum absolute atomic E-state index is 0.144. The molecule has 20 heavy (non-hydrogen) atoms. The first-order valence-corrected chi connectivity index (χ1v) is 7.17. The van der Waals surface area contributed by atoms with E-state index in [1.165, 1.54) is 6.20 Å². The second-order valence-corrected chi connectivity index (χ2v) is 5.88. The zero-order valence-electron chi connectivity index (χ0n) is 11.2. The molecular weight excluding hydrogens is 318 g/mol. The first kappa shape index (κ1) is 13.1. The molecule has 4 nitrogen and oxygen atoms in total. The number of nitrogens with zero attached hydrogens (tertiary/aromatic N) is 3. The van der Waals surface area contributed by atoms with Crippen molar-refractivity contribution >= 4 is 27.0 Å². The van der Waals surface area contributed by atoms with Gasteiger partial charge in [-0.05, 0) is 38.1 Å². The van der Waals surface area contributed by atoms with Crippen molar-refractivity contribution in [3.05, 3.63) is 41.1 Å². The lowest BCUT2D eigenvalue weighted by atomic mass is 10.2. The molecule has 3 aromatic rings. The van der Waals surface area contributed by atoms with Crippen molar-refractivity contribution in [3.8, 4) is 17.1 Å². The zero-order valence-corrected chi connectivity index (χ0v) is 12.8. The summed E-state index contributed by atoms with van der Waals surface area (Å²) < 4.78 is 3.15. The second kappa shape index (κ2) is 4.90. The number of aromatic hydroxyl groups is 1. The van der Waals surface area contributed by atoms with Crippen LogP contribution in [-0.4, -0.2) is 19.6 Å². The molecule has 5 heteroatoms. The number of fused-ring (bicyclic) bond motifs is 1. The Kier molecular flexibility index (Phi) is 3.22. The van der Waals surface area contributed by atoms with Crippen molar-refractivity contribution in [2.45, 2.75) is 19.9 Å². The molecule has 1 aromatic carbocycles. The lowest BCUT2D eigenvalue weighted by Gasteiger charge is -2.13. The van der Waals surface area contributed by atoms with Crippen LogP contribution in [0.2, 0.25) is 0 Å². The number of aromatic nitrogens is 3. The third-order valence-corrected chi connectivity index (χ3v) is 3.64. The van der Waals surface area contributed by atoms with Crippen LogP contribution >= 0.6 is 15.9 Å². The van der Waals surface area contributed by atoms with E-state index in [0.717, 1.165) is 26.9 Å². The van der Waals surface area contributed by atoms with Gasteiger partial charge in [0.15, 0.2) is 0 Å². The minimum Gasteiger partial charge on any atom is -0.506 e. The Morgan fingerprint density at radius 2 is 2.00 bits per heavy atom. The summed E-state index contributed by atoms with van der Waals surface area (Å²) in [6.45, 7) is 4.23. The molecule has 3 rings (SSSR count). The van der Waals surface area contributed by atoms with E-state index >= 15 is 0 Å². The van der Waals surface area contributed by atoms with Crippen LogP contribution in [0.25, 0.3) is 22.4 Å². The summed E-state index contributed by atoms with van der Waals surface area (Å²) in [5.41, 5.74) is 2.80. The first-order chi connectivity index (χ1) is 9.56. The van der Waals surface area contributed by atoms with Crippen LogP contribution in [0, 0.1) is 0 Å². The number of imidazole rings is 1. The van der Waals surface area contributed by atoms with Gasteiger partial charge in [0, 0.05) is 22.3 Å². The Morgan fingerprint density at radius 3 is 2.70 bits per heavy atom. The van der Waals surface area contributed by atoms with Crippen molar-refractivity contribution in [3.63, 3.8) is 0 Å². The van der Waals surface area contributed by atoms with E-state index in [1.54, 1.807) is 12.3 Å². The Labute approximate surface area is 125 Å². The fourth-order valence-corrected chi connectivity index (χ4v) is 2.70. The summed E-state index contributed by atoms with van der Waals surface area (Å²) in [4.78, 5) is 8.72. The van der Waals surface area contributed by atoms with Crippen LogP contribution in [0.15, 0.2) is 41.1 Å². The average Bonchev–Trinajstić information content (AvgIpc) is 2.77. The molecule has 0 fully saturated rings. The molecule has 0 aliphatic carbocycles. The molecule has 0 radical (unpaired) electrons. The molecule has 102 valence electrons. The number of halogens is 1. The fourth-order valence-electron chi connectivity index (χ4n) is 2.35. The molecule has 0 atom stereocenters. The van der Waals surface area contributed by atoms with Gasteiger partial charge in [-0.15, -0.1) is 0 Å². The van der Waals surface area contributed by atoms with Crippen molar-refractivity contribution in [2.75, 3.05) is 0 Å². The normalized spacial score (nSPS) is 11.4. The second-order valence-electron chi connectivity index (χ2n) is 4.96. The molecule has 1 N–H and O–H groups in total. The quantitative estimate of drug-likeness (QED) is 0.767. The summed E-state index contributed by atoms with van der Waals surface area (Å²) >= 11 is 3.47. The standard InChI is InChI=1S/C15H14BrN3O/c1-9(2)19-14-4-3-11(16)6-13(14)18-15(19)10-5-12(20)8-17-7-10/h3-9,20H,1-2H3. The minimum atomic E-state index is 0.144. The number of hydrogen-bond acceptors (Lipinski definition) is 3. The lowest BCUT2D eigenvalue weighted by Crippen LogP contribution is -2.03. The molecule has 0 saturated heterocycles. The summed E-state index contributed by atoms with van der Waals surface area (Å²) in [6.07, 6.45) is 3.14. The molecule has 0 spiro atoms. The molecule has 0 aliphatic rings. The topological polar surface area (TPSA) is 50.9 Å². The molecule has 0 aliphatic heterocycles. The van der Waals surface area contributed by atoms with Crippen LogP contribution < -0.4 is 0 Å². The van der Waals surface area contributed by atoms with Gasteiger partial charge in [-0.2, -0.15) is 0 Å². The first-order valence-electron chi connectivity index (χ1n) is 6.38. The van der Waals surface area contributed by atoms with Gasteiger partial charge in [-0.1, -0.05) is 15.9 Å². The van der Waals surface area contributed by atoms with Gasteiger partial charge in [0.2, 0.25) is 0 Å². The maximum atomic E-state index is 9.62. The lowest BCUT2D eigenvalue weighted by molar-refractivity contribution is 0.473. The zero-order chi connectivity index (χ0) is 14.3. The van der Waals surface area contributed by atoms with Gasteiger partial charge >= 0.3 is 0 Å². The average molecular weight is 332 g/mol. The van der Waals surface area contributed by atoms with Gasteiger partial charge in [-0.25, -0.2) is 4.98 Å². The smallest absolute Gasteiger partial charge is 0.143 e. The molecule has 2 aromatic heterocycles. The Morgan fingerprint density at radius 1 is 1.20 bits per heavy atom. The Bertz CT molecular complexity index is 780. The predicted molar refractivity (Wildman–Crippen MR) is 82.7 cm³/mol. The third kappa shape index (κ3) is 2.18. The van der Waals surface area contributed by atoms with Gasteiger partial charge < -0.3 is 9.67 Å². The van der Waals surface area contributed by atoms with Gasteiger partial charge in [0.05, 0.1) is 17.2 Å². The predicted octanol–water partition coefficient (Wildman–Crippen LogP) is 4.15. The van der Waals surface area contributed by atoms with Crippen molar-refractivity contribution < 1.29 is 5.11 Å². The summed E-state index contributed by atoms with van der Waals surface area (Å²) in [5, 5.41) is 9.62. The maximum absolute atomic E-state index is 9.62. The molecule has 0 bridgehead atoms. The highest BCUT2D eigenvalue weighted by molar-refractivity contribution is 9.10. The molecular formula is C15H14BrN3O. The summed E-state index contributed by atoms with van der Waals surface area (Å²) in [6, 6.07) is 7.99. The number of hydrogen-bond donors (Lipinski definition) is 1. The molecule has 2 heterocycles. The Hall–Kier alpha value is -1.88. The van der Waals surface area contributed by atoms with E-state index in [1.807, 2.05) is 18.2 Å². The maximum Gasteiger partial charge on any atom is 0.143 e. The van der Waals surface area contributed by atoms with Crippen molar-refractivity contribution in [2.24, 2.45) is 0 Å². The van der Waals surface area contributed by atoms with E-state index in [4.69, 9.17) is 0 Å². The monoisotopic (exact) mass is 331 g/mol. The third-order valence-electron chi connectivity index (χ3n) is 3.15. The number of rotatable bonds is 2.